The van der Waals surface area contributed by atoms with Crippen LogP contribution in [-0.4, -0.2) is 58.1 Å². The SMILES string of the molecule is COc1ccc(/C=C/CN2C[C@@H](CC(=O)O)[C@@H](c3cn[nH]n3)C2)cc1. The Morgan fingerprint density at radius 3 is 2.84 bits per heavy atom. The van der Waals surface area contributed by atoms with E-state index in [0.29, 0.717) is 0 Å². The van der Waals surface area contributed by atoms with Gasteiger partial charge in [0, 0.05) is 25.6 Å². The van der Waals surface area contributed by atoms with Gasteiger partial charge in [-0.3, -0.25) is 9.69 Å². The minimum atomic E-state index is -0.769. The van der Waals surface area contributed by atoms with Crippen LogP contribution in [0.2, 0.25) is 0 Å². The van der Waals surface area contributed by atoms with E-state index in [1.54, 1.807) is 13.3 Å². The number of H-pyrrole nitrogens is 1. The van der Waals surface area contributed by atoms with Gasteiger partial charge in [-0.2, -0.15) is 15.4 Å². The van der Waals surface area contributed by atoms with Crippen molar-refractivity contribution in [2.75, 3.05) is 26.7 Å². The zero-order valence-electron chi connectivity index (χ0n) is 14.1. The van der Waals surface area contributed by atoms with Crippen molar-refractivity contribution in [1.82, 2.24) is 20.3 Å². The lowest BCUT2D eigenvalue weighted by atomic mass is 9.91. The highest BCUT2D eigenvalue weighted by molar-refractivity contribution is 5.67. The predicted molar refractivity (Wildman–Crippen MR) is 93.3 cm³/mol. The number of hydrogen-bond acceptors (Lipinski definition) is 5. The summed E-state index contributed by atoms with van der Waals surface area (Å²) in [7, 11) is 1.65. The Bertz CT molecular complexity index is 712. The first-order valence-corrected chi connectivity index (χ1v) is 8.26. The summed E-state index contributed by atoms with van der Waals surface area (Å²) in [6, 6.07) is 7.87. The molecule has 25 heavy (non-hydrogen) atoms. The summed E-state index contributed by atoms with van der Waals surface area (Å²) in [5.74, 6) is 0.221. The monoisotopic (exact) mass is 342 g/mol. The largest absolute Gasteiger partial charge is 0.497 e. The van der Waals surface area contributed by atoms with Crippen LogP contribution in [0.1, 0.15) is 23.6 Å². The number of nitrogens with zero attached hydrogens (tertiary/aromatic N) is 3. The molecule has 0 bridgehead atoms. The second kappa shape index (κ2) is 7.94. The van der Waals surface area contributed by atoms with E-state index >= 15 is 0 Å². The quantitative estimate of drug-likeness (QED) is 0.800. The first kappa shape index (κ1) is 17.2. The fraction of sp³-hybridized carbons (Fsp3) is 0.389. The van der Waals surface area contributed by atoms with Gasteiger partial charge in [0.25, 0.3) is 0 Å². The van der Waals surface area contributed by atoms with Gasteiger partial charge in [-0.1, -0.05) is 24.3 Å². The number of rotatable bonds is 7. The normalized spacial score (nSPS) is 21.0. The summed E-state index contributed by atoms with van der Waals surface area (Å²) < 4.78 is 5.15. The van der Waals surface area contributed by atoms with E-state index in [4.69, 9.17) is 9.84 Å². The van der Waals surface area contributed by atoms with E-state index < -0.39 is 5.97 Å². The van der Waals surface area contributed by atoms with Crippen molar-refractivity contribution in [3.8, 4) is 5.75 Å². The van der Waals surface area contributed by atoms with Crippen molar-refractivity contribution in [2.24, 2.45) is 5.92 Å². The number of nitrogens with one attached hydrogen (secondary N) is 1. The molecule has 0 unspecified atom stereocenters. The van der Waals surface area contributed by atoms with Gasteiger partial charge in [0.15, 0.2) is 0 Å². The van der Waals surface area contributed by atoms with Gasteiger partial charge in [-0.05, 0) is 23.6 Å². The van der Waals surface area contributed by atoms with Crippen molar-refractivity contribution < 1.29 is 14.6 Å². The maximum Gasteiger partial charge on any atom is 0.303 e. The van der Waals surface area contributed by atoms with E-state index in [1.807, 2.05) is 24.3 Å². The molecule has 1 aromatic carbocycles. The van der Waals surface area contributed by atoms with Gasteiger partial charge in [0.2, 0.25) is 0 Å². The number of methoxy groups -OCH3 is 1. The summed E-state index contributed by atoms with van der Waals surface area (Å²) in [5, 5.41) is 19.8. The van der Waals surface area contributed by atoms with Crippen LogP contribution >= 0.6 is 0 Å². The third-order valence-corrected chi connectivity index (χ3v) is 4.56. The summed E-state index contributed by atoms with van der Waals surface area (Å²) in [4.78, 5) is 13.4. The molecule has 7 nitrogen and oxygen atoms in total. The first-order valence-electron chi connectivity index (χ1n) is 8.26. The van der Waals surface area contributed by atoms with Crippen LogP contribution in [0.5, 0.6) is 5.75 Å². The Morgan fingerprint density at radius 2 is 2.20 bits per heavy atom. The Morgan fingerprint density at radius 1 is 1.40 bits per heavy atom. The first-order chi connectivity index (χ1) is 12.2. The van der Waals surface area contributed by atoms with Gasteiger partial charge < -0.3 is 9.84 Å². The number of ether oxygens (including phenoxy) is 1. The Balaban J connectivity index is 1.60. The van der Waals surface area contributed by atoms with E-state index in [9.17, 15) is 4.79 Å². The van der Waals surface area contributed by atoms with Crippen LogP contribution in [0.3, 0.4) is 0 Å². The molecule has 1 saturated heterocycles. The molecule has 1 aliphatic heterocycles. The van der Waals surface area contributed by atoms with Gasteiger partial charge in [-0.25, -0.2) is 0 Å². The van der Waals surface area contributed by atoms with Gasteiger partial charge in [-0.15, -0.1) is 0 Å². The second-order valence-electron chi connectivity index (χ2n) is 6.25. The van der Waals surface area contributed by atoms with Crippen molar-refractivity contribution in [2.45, 2.75) is 12.3 Å². The number of carboxylic acids is 1. The Labute approximate surface area is 146 Å². The van der Waals surface area contributed by atoms with Gasteiger partial charge in [0.1, 0.15) is 5.75 Å². The molecule has 1 aliphatic rings. The highest BCUT2D eigenvalue weighted by Gasteiger charge is 2.35. The number of carbonyl (C=O) groups is 1. The third-order valence-electron chi connectivity index (χ3n) is 4.56. The number of hydrogen-bond donors (Lipinski definition) is 2. The molecular weight excluding hydrogens is 320 g/mol. The lowest BCUT2D eigenvalue weighted by Gasteiger charge is -2.12. The molecular formula is C18H22N4O3. The third kappa shape index (κ3) is 4.45. The fourth-order valence-electron chi connectivity index (χ4n) is 3.32. The summed E-state index contributed by atoms with van der Waals surface area (Å²) >= 11 is 0. The summed E-state index contributed by atoms with van der Waals surface area (Å²) in [6.07, 6.45) is 6.01. The number of aromatic nitrogens is 3. The standard InChI is InChI=1S/C18H22N4O3/c1-25-15-6-4-13(5-7-15)3-2-8-22-11-14(9-18(23)24)16(12-22)17-10-19-21-20-17/h2-7,10,14,16H,8-9,11-12H2,1H3,(H,23,24)(H,19,20,21)/b3-2+/t14-,16+/m1/s1. The van der Waals surface area contributed by atoms with Crippen LogP contribution in [0.25, 0.3) is 6.08 Å². The second-order valence-corrected chi connectivity index (χ2v) is 6.25. The average molecular weight is 342 g/mol. The smallest absolute Gasteiger partial charge is 0.303 e. The molecule has 0 aliphatic carbocycles. The number of aliphatic carboxylic acids is 1. The average Bonchev–Trinajstić information content (AvgIpc) is 3.25. The predicted octanol–water partition coefficient (Wildman–Crippen LogP) is 2.02. The number of carboxylic acid groups (broad SMARTS) is 1. The highest BCUT2D eigenvalue weighted by Crippen LogP contribution is 2.33. The molecule has 2 aromatic rings. The van der Waals surface area contributed by atoms with E-state index in [-0.39, 0.29) is 18.3 Å². The lowest BCUT2D eigenvalue weighted by molar-refractivity contribution is -0.138. The van der Waals surface area contributed by atoms with Crippen molar-refractivity contribution in [1.29, 1.82) is 0 Å². The molecule has 2 heterocycles. The minimum absolute atomic E-state index is 0.0528. The molecule has 0 radical (unpaired) electrons. The number of likely N-dealkylation sites (tertiary alicyclic amines) is 1. The molecule has 1 aromatic heterocycles. The van der Waals surface area contributed by atoms with Crippen LogP contribution in [0, 0.1) is 5.92 Å². The molecule has 132 valence electrons. The Hall–Kier alpha value is -2.67. The molecule has 3 rings (SSSR count). The van der Waals surface area contributed by atoms with Crippen LogP contribution in [-0.2, 0) is 4.79 Å². The molecule has 2 atom stereocenters. The molecule has 1 fully saturated rings. The highest BCUT2D eigenvalue weighted by atomic mass is 16.5. The van der Waals surface area contributed by atoms with Crippen LogP contribution in [0.4, 0.5) is 0 Å². The van der Waals surface area contributed by atoms with Crippen molar-refractivity contribution in [3.63, 3.8) is 0 Å². The maximum atomic E-state index is 11.1. The topological polar surface area (TPSA) is 91.3 Å². The van der Waals surface area contributed by atoms with Crippen molar-refractivity contribution in [3.05, 3.63) is 47.8 Å². The van der Waals surface area contributed by atoms with E-state index in [2.05, 4.69) is 32.5 Å². The zero-order valence-corrected chi connectivity index (χ0v) is 14.1. The molecule has 0 saturated carbocycles. The van der Waals surface area contributed by atoms with Gasteiger partial charge in [0.05, 0.1) is 25.4 Å². The van der Waals surface area contributed by atoms with Crippen molar-refractivity contribution >= 4 is 12.0 Å². The molecule has 2 N–H and O–H groups in total. The zero-order chi connectivity index (χ0) is 17.6. The lowest BCUT2D eigenvalue weighted by Crippen LogP contribution is -2.21. The molecule has 0 amide bonds. The van der Waals surface area contributed by atoms with Crippen LogP contribution in [0.15, 0.2) is 36.5 Å². The molecule has 7 heteroatoms. The Kier molecular flexibility index (Phi) is 5.45. The number of aromatic amines is 1. The summed E-state index contributed by atoms with van der Waals surface area (Å²) in [5.41, 5.74) is 1.95. The fourth-order valence-corrected chi connectivity index (χ4v) is 3.32. The van der Waals surface area contributed by atoms with E-state index in [1.165, 1.54) is 0 Å². The van der Waals surface area contributed by atoms with Gasteiger partial charge >= 0.3 is 5.97 Å². The van der Waals surface area contributed by atoms with E-state index in [0.717, 1.165) is 36.6 Å². The number of benzene rings is 1. The molecule has 0 spiro atoms. The minimum Gasteiger partial charge on any atom is -0.497 e. The van der Waals surface area contributed by atoms with Crippen LogP contribution < -0.4 is 4.74 Å². The maximum absolute atomic E-state index is 11.1. The summed E-state index contributed by atoms with van der Waals surface area (Å²) in [6.45, 7) is 2.31.